The molecule has 0 unspecified atom stereocenters. The predicted molar refractivity (Wildman–Crippen MR) is 86.6 cm³/mol. The Hall–Kier alpha value is -2.39. The highest BCUT2D eigenvalue weighted by Gasteiger charge is 2.13. The average molecular weight is 294 g/mol. The van der Waals surface area contributed by atoms with Crippen LogP contribution in [0.2, 0.25) is 0 Å². The Morgan fingerprint density at radius 3 is 2.19 bits per heavy atom. The molecule has 0 N–H and O–H groups in total. The molecule has 3 heteroatoms. The van der Waals surface area contributed by atoms with Gasteiger partial charge >= 0.3 is 0 Å². The SMILES string of the molecule is O=S(=O)(/C=C/c1ccccc1)c1cccc2ccccc12. The fourth-order valence-corrected chi connectivity index (χ4v) is 3.49. The maximum atomic E-state index is 12.5. The Bertz CT molecular complexity index is 889. The average Bonchev–Trinajstić information content (AvgIpc) is 2.53. The molecule has 2 nitrogen and oxygen atoms in total. The summed E-state index contributed by atoms with van der Waals surface area (Å²) in [6, 6.07) is 22.2. The van der Waals surface area contributed by atoms with Gasteiger partial charge in [0, 0.05) is 10.8 Å². The van der Waals surface area contributed by atoms with Crippen molar-refractivity contribution in [1.29, 1.82) is 0 Å². The first-order valence-corrected chi connectivity index (χ1v) is 8.17. The predicted octanol–water partition coefficient (Wildman–Crippen LogP) is 4.28. The van der Waals surface area contributed by atoms with E-state index in [9.17, 15) is 8.42 Å². The molecule has 0 radical (unpaired) electrons. The van der Waals surface area contributed by atoms with Crippen LogP contribution in [0, 0.1) is 0 Å². The molecule has 0 aliphatic heterocycles. The molecule has 0 saturated carbocycles. The van der Waals surface area contributed by atoms with E-state index in [1.165, 1.54) is 5.41 Å². The summed E-state index contributed by atoms with van der Waals surface area (Å²) < 4.78 is 25.1. The van der Waals surface area contributed by atoms with Crippen LogP contribution < -0.4 is 0 Å². The highest BCUT2D eigenvalue weighted by molar-refractivity contribution is 7.94. The van der Waals surface area contributed by atoms with Crippen LogP contribution >= 0.6 is 0 Å². The normalized spacial score (nSPS) is 12.0. The second-order valence-electron chi connectivity index (χ2n) is 4.74. The smallest absolute Gasteiger partial charge is 0.200 e. The first-order chi connectivity index (χ1) is 10.2. The third-order valence-electron chi connectivity index (χ3n) is 3.30. The first kappa shape index (κ1) is 13.6. The summed E-state index contributed by atoms with van der Waals surface area (Å²) in [5, 5.41) is 2.94. The van der Waals surface area contributed by atoms with E-state index in [1.54, 1.807) is 18.2 Å². The van der Waals surface area contributed by atoms with Gasteiger partial charge in [0.15, 0.2) is 9.84 Å². The Balaban J connectivity index is 2.07. The topological polar surface area (TPSA) is 34.1 Å². The van der Waals surface area contributed by atoms with Crippen LogP contribution in [0.5, 0.6) is 0 Å². The maximum absolute atomic E-state index is 12.5. The van der Waals surface area contributed by atoms with Gasteiger partial charge < -0.3 is 0 Å². The van der Waals surface area contributed by atoms with Gasteiger partial charge in [-0.3, -0.25) is 0 Å². The zero-order valence-electron chi connectivity index (χ0n) is 11.3. The van der Waals surface area contributed by atoms with Crippen LogP contribution in [0.25, 0.3) is 16.8 Å². The lowest BCUT2D eigenvalue weighted by Gasteiger charge is -2.04. The van der Waals surface area contributed by atoms with E-state index in [-0.39, 0.29) is 0 Å². The molecule has 0 atom stereocenters. The van der Waals surface area contributed by atoms with Crippen molar-refractivity contribution in [3.8, 4) is 0 Å². The third kappa shape index (κ3) is 2.88. The van der Waals surface area contributed by atoms with Gasteiger partial charge in [0.25, 0.3) is 0 Å². The van der Waals surface area contributed by atoms with Crippen molar-refractivity contribution in [2.24, 2.45) is 0 Å². The minimum atomic E-state index is -3.47. The Labute approximate surface area is 124 Å². The highest BCUT2D eigenvalue weighted by Crippen LogP contribution is 2.24. The molecule has 3 aromatic rings. The second kappa shape index (κ2) is 5.54. The van der Waals surface area contributed by atoms with Crippen LogP contribution in [0.15, 0.2) is 83.1 Å². The first-order valence-electron chi connectivity index (χ1n) is 6.63. The van der Waals surface area contributed by atoms with Gasteiger partial charge in [-0.15, -0.1) is 0 Å². The molecule has 0 fully saturated rings. The number of benzene rings is 3. The maximum Gasteiger partial charge on any atom is 0.200 e. The lowest BCUT2D eigenvalue weighted by Crippen LogP contribution is -1.97. The standard InChI is InChI=1S/C18H14O2S/c19-21(20,14-13-15-7-2-1-3-8-15)18-12-6-10-16-9-4-5-11-17(16)18/h1-14H/b14-13+. The number of rotatable bonds is 3. The molecule has 0 heterocycles. The van der Waals surface area contributed by atoms with E-state index < -0.39 is 9.84 Å². The summed E-state index contributed by atoms with van der Waals surface area (Å²) in [5.74, 6) is 0. The van der Waals surface area contributed by atoms with E-state index >= 15 is 0 Å². The minimum absolute atomic E-state index is 0.341. The van der Waals surface area contributed by atoms with Crippen molar-refractivity contribution >= 4 is 26.7 Å². The molecule has 21 heavy (non-hydrogen) atoms. The van der Waals surface area contributed by atoms with Gasteiger partial charge in [-0.05, 0) is 23.1 Å². The second-order valence-corrected chi connectivity index (χ2v) is 6.54. The van der Waals surface area contributed by atoms with E-state index in [4.69, 9.17) is 0 Å². The molecule has 104 valence electrons. The van der Waals surface area contributed by atoms with E-state index in [2.05, 4.69) is 0 Å². The van der Waals surface area contributed by atoms with Crippen molar-refractivity contribution in [2.45, 2.75) is 4.90 Å². The zero-order chi connectivity index (χ0) is 14.7. The van der Waals surface area contributed by atoms with Crippen molar-refractivity contribution < 1.29 is 8.42 Å². The van der Waals surface area contributed by atoms with Crippen molar-refractivity contribution in [2.75, 3.05) is 0 Å². The van der Waals surface area contributed by atoms with Gasteiger partial charge in [-0.1, -0.05) is 66.7 Å². The Morgan fingerprint density at radius 1 is 0.714 bits per heavy atom. The fourth-order valence-electron chi connectivity index (χ4n) is 2.25. The number of sulfone groups is 1. The molecule has 3 rings (SSSR count). The summed E-state index contributed by atoms with van der Waals surface area (Å²) in [6.45, 7) is 0. The lowest BCUT2D eigenvalue weighted by atomic mass is 10.1. The summed E-state index contributed by atoms with van der Waals surface area (Å²) in [7, 11) is -3.47. The van der Waals surface area contributed by atoms with Crippen LogP contribution in [-0.2, 0) is 9.84 Å². The quantitative estimate of drug-likeness (QED) is 0.722. The van der Waals surface area contributed by atoms with Crippen LogP contribution in [0.1, 0.15) is 5.56 Å². The van der Waals surface area contributed by atoms with E-state index in [1.807, 2.05) is 60.7 Å². The van der Waals surface area contributed by atoms with Crippen molar-refractivity contribution in [1.82, 2.24) is 0 Å². The largest absolute Gasteiger partial charge is 0.219 e. The van der Waals surface area contributed by atoms with E-state index in [0.717, 1.165) is 16.3 Å². The van der Waals surface area contributed by atoms with Gasteiger partial charge in [0.2, 0.25) is 0 Å². The molecule has 0 aliphatic rings. The molecule has 0 aromatic heterocycles. The fraction of sp³-hybridized carbons (Fsp3) is 0. The molecule has 3 aromatic carbocycles. The summed E-state index contributed by atoms with van der Waals surface area (Å²) in [5.41, 5.74) is 0.862. The van der Waals surface area contributed by atoms with Gasteiger partial charge in [-0.2, -0.15) is 0 Å². The summed E-state index contributed by atoms with van der Waals surface area (Å²) in [6.07, 6.45) is 1.62. The van der Waals surface area contributed by atoms with Gasteiger partial charge in [0.1, 0.15) is 0 Å². The van der Waals surface area contributed by atoms with Crippen LogP contribution in [0.3, 0.4) is 0 Å². The van der Waals surface area contributed by atoms with Gasteiger partial charge in [-0.25, -0.2) is 8.42 Å². The highest BCUT2D eigenvalue weighted by atomic mass is 32.2. The lowest BCUT2D eigenvalue weighted by molar-refractivity contribution is 0.605. The van der Waals surface area contributed by atoms with Crippen LogP contribution in [0.4, 0.5) is 0 Å². The molecule has 0 spiro atoms. The van der Waals surface area contributed by atoms with Crippen molar-refractivity contribution in [3.05, 3.63) is 83.8 Å². The van der Waals surface area contributed by atoms with E-state index in [0.29, 0.717) is 4.90 Å². The number of hydrogen-bond donors (Lipinski definition) is 0. The molecule has 0 amide bonds. The molecule has 0 saturated heterocycles. The minimum Gasteiger partial charge on any atom is -0.219 e. The number of fused-ring (bicyclic) bond motifs is 1. The molecule has 0 bridgehead atoms. The van der Waals surface area contributed by atoms with Crippen LogP contribution in [-0.4, -0.2) is 8.42 Å². The third-order valence-corrected chi connectivity index (χ3v) is 4.76. The molecular formula is C18H14O2S. The Morgan fingerprint density at radius 2 is 1.38 bits per heavy atom. The van der Waals surface area contributed by atoms with Gasteiger partial charge in [0.05, 0.1) is 4.90 Å². The molecule has 0 aliphatic carbocycles. The Kier molecular flexibility index (Phi) is 3.59. The molecular weight excluding hydrogens is 280 g/mol. The summed E-state index contributed by atoms with van der Waals surface area (Å²) >= 11 is 0. The summed E-state index contributed by atoms with van der Waals surface area (Å²) in [4.78, 5) is 0.341. The monoisotopic (exact) mass is 294 g/mol. The number of hydrogen-bond acceptors (Lipinski definition) is 2. The van der Waals surface area contributed by atoms with Crippen molar-refractivity contribution in [3.63, 3.8) is 0 Å². The zero-order valence-corrected chi connectivity index (χ0v) is 12.1.